The van der Waals surface area contributed by atoms with Gasteiger partial charge >= 0.3 is 18.1 Å². The topological polar surface area (TPSA) is 81.7 Å². The smallest absolute Gasteiger partial charge is 0.406 e. The van der Waals surface area contributed by atoms with Crippen molar-refractivity contribution in [1.29, 1.82) is 0 Å². The molecule has 0 aliphatic rings. The summed E-state index contributed by atoms with van der Waals surface area (Å²) < 4.78 is 64.1. The quantitative estimate of drug-likeness (QED) is 0.548. The molecule has 0 aliphatic carbocycles. The molecule has 160 valence electrons. The number of rotatable bonds is 5. The first kappa shape index (κ1) is 25.8. The van der Waals surface area contributed by atoms with Gasteiger partial charge in [0.2, 0.25) is 0 Å². The van der Waals surface area contributed by atoms with E-state index in [1.807, 2.05) is 4.72 Å². The van der Waals surface area contributed by atoms with E-state index >= 15 is 0 Å². The van der Waals surface area contributed by atoms with E-state index in [0.29, 0.717) is 0 Å². The lowest BCUT2D eigenvalue weighted by Gasteiger charge is -2.32. The van der Waals surface area contributed by atoms with Gasteiger partial charge in [0.15, 0.2) is 5.92 Å². The fourth-order valence-corrected chi connectivity index (χ4v) is 2.57. The third-order valence-corrected chi connectivity index (χ3v) is 4.38. The lowest BCUT2D eigenvalue weighted by molar-refractivity contribution is -0.197. The molecule has 10 heteroatoms. The molecule has 0 radical (unpaired) electrons. The second kappa shape index (κ2) is 8.46. The van der Waals surface area contributed by atoms with Gasteiger partial charge in [0.05, 0.1) is 15.7 Å². The summed E-state index contributed by atoms with van der Waals surface area (Å²) in [7, 11) is -2.20. The number of esters is 2. The molecule has 0 spiro atoms. The zero-order valence-corrected chi connectivity index (χ0v) is 18.1. The minimum atomic E-state index is -5.06. The Hall–Kier alpha value is -1.16. The summed E-state index contributed by atoms with van der Waals surface area (Å²) in [6, 6.07) is -2.73. The van der Waals surface area contributed by atoms with Crippen molar-refractivity contribution < 1.29 is 36.4 Å². The Kier molecular flexibility index (Phi) is 8.10. The number of carbonyl (C=O) groups is 2. The van der Waals surface area contributed by atoms with Gasteiger partial charge in [-0.1, -0.05) is 0 Å². The number of nitrogens with one attached hydrogen (secondary N) is 1. The summed E-state index contributed by atoms with van der Waals surface area (Å²) in [5.41, 5.74) is -2.26. The summed E-state index contributed by atoms with van der Waals surface area (Å²) in [4.78, 5) is 24.9. The van der Waals surface area contributed by atoms with Crippen LogP contribution in [0.2, 0.25) is 0 Å². The first-order chi connectivity index (χ1) is 11.6. The van der Waals surface area contributed by atoms with E-state index in [4.69, 9.17) is 9.47 Å². The van der Waals surface area contributed by atoms with Crippen LogP contribution in [0.25, 0.3) is 0 Å². The van der Waals surface area contributed by atoms with Gasteiger partial charge in [-0.3, -0.25) is 9.59 Å². The van der Waals surface area contributed by atoms with Gasteiger partial charge in [-0.2, -0.15) is 13.2 Å². The molecule has 27 heavy (non-hydrogen) atoms. The third-order valence-electron chi connectivity index (χ3n) is 2.80. The molecule has 6 nitrogen and oxygen atoms in total. The van der Waals surface area contributed by atoms with Crippen molar-refractivity contribution >= 4 is 22.9 Å². The van der Waals surface area contributed by atoms with Crippen LogP contribution in [0.4, 0.5) is 13.2 Å². The summed E-state index contributed by atoms with van der Waals surface area (Å²) in [6.45, 7) is 13.1. The zero-order chi connectivity index (χ0) is 22.0. The van der Waals surface area contributed by atoms with E-state index in [1.54, 1.807) is 0 Å². The molecule has 0 aromatic carbocycles. The molecule has 0 amide bonds. The van der Waals surface area contributed by atoms with E-state index in [1.165, 1.54) is 62.3 Å². The molecule has 0 heterocycles. The van der Waals surface area contributed by atoms with Gasteiger partial charge in [-0.25, -0.2) is 8.93 Å². The molecule has 0 aliphatic heterocycles. The molecular weight excluding hydrogens is 387 g/mol. The van der Waals surface area contributed by atoms with E-state index in [2.05, 4.69) is 0 Å². The maximum absolute atomic E-state index is 13.7. The van der Waals surface area contributed by atoms with Crippen molar-refractivity contribution in [2.75, 3.05) is 0 Å². The van der Waals surface area contributed by atoms with Gasteiger partial charge in [0.1, 0.15) is 17.2 Å². The minimum absolute atomic E-state index is 1.06. The highest BCUT2D eigenvalue weighted by Gasteiger charge is 2.54. The minimum Gasteiger partial charge on any atom is -0.459 e. The summed E-state index contributed by atoms with van der Waals surface area (Å²) in [5.74, 6) is -5.18. The predicted octanol–water partition coefficient (Wildman–Crippen LogP) is 3.27. The van der Waals surface area contributed by atoms with E-state index < -0.39 is 57.0 Å². The number of carbonyl (C=O) groups excluding carboxylic acids is 2. The van der Waals surface area contributed by atoms with Crippen LogP contribution in [-0.2, 0) is 30.0 Å². The lowest BCUT2D eigenvalue weighted by atomic mass is 9.99. The van der Waals surface area contributed by atoms with Crippen molar-refractivity contribution in [3.63, 3.8) is 0 Å². The molecule has 0 saturated carbocycles. The molecule has 1 N–H and O–H groups in total. The largest absolute Gasteiger partial charge is 0.459 e. The molecular formula is C17H30F3NO5S. The van der Waals surface area contributed by atoms with Crippen LogP contribution >= 0.6 is 0 Å². The van der Waals surface area contributed by atoms with Gasteiger partial charge in [0.25, 0.3) is 0 Å². The van der Waals surface area contributed by atoms with Crippen molar-refractivity contribution in [2.45, 2.75) is 90.5 Å². The van der Waals surface area contributed by atoms with E-state index in [-0.39, 0.29) is 0 Å². The second-order valence-corrected chi connectivity index (χ2v) is 11.1. The Morgan fingerprint density at radius 2 is 1.15 bits per heavy atom. The Balaban J connectivity index is 6.09. The monoisotopic (exact) mass is 417 g/mol. The average molecular weight is 417 g/mol. The normalized spacial score (nSPS) is 16.0. The van der Waals surface area contributed by atoms with Crippen molar-refractivity contribution in [1.82, 2.24) is 4.72 Å². The van der Waals surface area contributed by atoms with Gasteiger partial charge in [-0.15, -0.1) is 0 Å². The van der Waals surface area contributed by atoms with Crippen LogP contribution in [0.1, 0.15) is 62.3 Å². The van der Waals surface area contributed by atoms with Crippen LogP contribution in [0.5, 0.6) is 0 Å². The Morgan fingerprint density at radius 3 is 1.37 bits per heavy atom. The van der Waals surface area contributed by atoms with E-state index in [9.17, 15) is 27.0 Å². The molecule has 0 saturated heterocycles. The molecule has 0 rings (SSSR count). The number of halogens is 3. The third kappa shape index (κ3) is 9.55. The molecule has 0 aromatic rings. The maximum Gasteiger partial charge on any atom is 0.406 e. The average Bonchev–Trinajstić information content (AvgIpc) is 2.30. The van der Waals surface area contributed by atoms with Crippen LogP contribution < -0.4 is 4.72 Å². The number of ether oxygens (including phenoxy) is 2. The van der Waals surface area contributed by atoms with Crippen LogP contribution in [0, 0.1) is 5.92 Å². The van der Waals surface area contributed by atoms with Crippen LogP contribution in [0.15, 0.2) is 0 Å². The highest BCUT2D eigenvalue weighted by atomic mass is 32.2. The van der Waals surface area contributed by atoms with Gasteiger partial charge in [-0.05, 0) is 62.3 Å². The molecule has 0 bridgehead atoms. The summed E-state index contributed by atoms with van der Waals surface area (Å²) in [6.07, 6.45) is -5.06. The standard InChI is InChI=1S/C17H30F3NO5S/c1-14(2,3)25-12(22)10(13(23)26-15(4,5)6)11(17(18,19)20)21-27(24)16(7,8)9/h10-11,21H,1-9H3/t11-,27?/m1/s1. The zero-order valence-electron chi connectivity index (χ0n) is 17.2. The number of hydrogen-bond donors (Lipinski definition) is 1. The van der Waals surface area contributed by atoms with Crippen molar-refractivity contribution in [2.24, 2.45) is 5.92 Å². The van der Waals surface area contributed by atoms with Crippen LogP contribution in [0.3, 0.4) is 0 Å². The lowest BCUT2D eigenvalue weighted by Crippen LogP contribution is -2.57. The fourth-order valence-electron chi connectivity index (χ4n) is 1.71. The van der Waals surface area contributed by atoms with Crippen molar-refractivity contribution in [3.8, 4) is 0 Å². The van der Waals surface area contributed by atoms with Gasteiger partial charge < -0.3 is 9.47 Å². The summed E-state index contributed by atoms with van der Waals surface area (Å²) in [5, 5.41) is 0. The SMILES string of the molecule is CC(C)(C)OC(=O)C(C(=O)OC(C)(C)C)[C@@H](NS(=O)C(C)(C)C)C(F)(F)F. The van der Waals surface area contributed by atoms with Crippen LogP contribution in [-0.4, -0.2) is 44.3 Å². The molecule has 1 unspecified atom stereocenters. The Bertz CT molecular complexity index is 543. The first-order valence-electron chi connectivity index (χ1n) is 8.35. The van der Waals surface area contributed by atoms with Gasteiger partial charge in [0, 0.05) is 0 Å². The fraction of sp³-hybridized carbons (Fsp3) is 0.882. The predicted molar refractivity (Wildman–Crippen MR) is 96.1 cm³/mol. The highest BCUT2D eigenvalue weighted by molar-refractivity contribution is 7.84. The number of hydrogen-bond acceptors (Lipinski definition) is 5. The number of alkyl halides is 3. The maximum atomic E-state index is 13.7. The molecule has 0 aromatic heterocycles. The second-order valence-electron chi connectivity index (χ2n) is 9.06. The Morgan fingerprint density at radius 1 is 0.815 bits per heavy atom. The molecule has 0 fully saturated rings. The summed E-state index contributed by atoms with van der Waals surface area (Å²) >= 11 is 0. The van der Waals surface area contributed by atoms with E-state index in [0.717, 1.165) is 0 Å². The Labute approximate surface area is 161 Å². The molecule has 2 atom stereocenters. The van der Waals surface area contributed by atoms with Crippen molar-refractivity contribution in [3.05, 3.63) is 0 Å². The highest BCUT2D eigenvalue weighted by Crippen LogP contribution is 2.31. The first-order valence-corrected chi connectivity index (χ1v) is 9.50.